The van der Waals surface area contributed by atoms with Crippen LogP contribution in [0.5, 0.6) is 0 Å². The number of amides is 1. The summed E-state index contributed by atoms with van der Waals surface area (Å²) in [6, 6.07) is 7.24. The van der Waals surface area contributed by atoms with E-state index in [2.05, 4.69) is 10.5 Å². The molecule has 2 rings (SSSR count). The van der Waals surface area contributed by atoms with Crippen molar-refractivity contribution in [3.8, 4) is 0 Å². The third-order valence-corrected chi connectivity index (χ3v) is 3.46. The van der Waals surface area contributed by atoms with Gasteiger partial charge in [-0.1, -0.05) is 12.1 Å². The highest BCUT2D eigenvalue weighted by Gasteiger charge is 2.12. The van der Waals surface area contributed by atoms with Crippen molar-refractivity contribution in [2.75, 3.05) is 0 Å². The van der Waals surface area contributed by atoms with Crippen LogP contribution in [0.15, 0.2) is 40.8 Å². The fraction of sp³-hybridized carbons (Fsp3) is 0.143. The average molecular weight is 294 g/mol. The normalized spacial score (nSPS) is 11.4. The summed E-state index contributed by atoms with van der Waals surface area (Å²) in [5, 5.41) is 5.61. The van der Waals surface area contributed by atoms with E-state index in [1.165, 1.54) is 24.3 Å². The standard InChI is InChI=1S/C14H12F2N2OS/c1-9(14-11(15)5-2-6-12(14)16)17-18-13(19)8-10-4-3-7-20-10/h2-7H,8H2,1H3,(H,18,19)/b17-9-. The van der Waals surface area contributed by atoms with Crippen molar-refractivity contribution < 1.29 is 13.6 Å². The summed E-state index contributed by atoms with van der Waals surface area (Å²) in [4.78, 5) is 12.5. The molecule has 1 aromatic heterocycles. The predicted octanol–water partition coefficient (Wildman–Crippen LogP) is 3.11. The number of carbonyl (C=O) groups is 1. The molecule has 104 valence electrons. The molecule has 0 saturated heterocycles. The molecule has 0 bridgehead atoms. The number of halogens is 2. The van der Waals surface area contributed by atoms with E-state index in [-0.39, 0.29) is 23.6 Å². The van der Waals surface area contributed by atoms with Crippen molar-refractivity contribution in [3.05, 3.63) is 57.8 Å². The Morgan fingerprint density at radius 3 is 2.55 bits per heavy atom. The Morgan fingerprint density at radius 2 is 1.95 bits per heavy atom. The second-order valence-electron chi connectivity index (χ2n) is 4.08. The van der Waals surface area contributed by atoms with Crippen molar-refractivity contribution in [1.29, 1.82) is 0 Å². The van der Waals surface area contributed by atoms with Gasteiger partial charge < -0.3 is 0 Å². The van der Waals surface area contributed by atoms with Crippen LogP contribution in [0.25, 0.3) is 0 Å². The Balaban J connectivity index is 2.05. The maximum atomic E-state index is 13.5. The summed E-state index contributed by atoms with van der Waals surface area (Å²) in [7, 11) is 0. The number of nitrogens with one attached hydrogen (secondary N) is 1. The zero-order chi connectivity index (χ0) is 14.5. The van der Waals surface area contributed by atoms with E-state index in [1.807, 2.05) is 17.5 Å². The summed E-state index contributed by atoms with van der Waals surface area (Å²) in [5.74, 6) is -1.75. The number of hydrogen-bond acceptors (Lipinski definition) is 3. The minimum Gasteiger partial charge on any atom is -0.273 e. The Bertz CT molecular complexity index is 618. The molecule has 1 aromatic carbocycles. The highest BCUT2D eigenvalue weighted by molar-refractivity contribution is 7.10. The van der Waals surface area contributed by atoms with E-state index in [0.29, 0.717) is 0 Å². The lowest BCUT2D eigenvalue weighted by Gasteiger charge is -2.05. The molecular weight excluding hydrogens is 282 g/mol. The lowest BCUT2D eigenvalue weighted by atomic mass is 10.1. The molecule has 0 radical (unpaired) electrons. The minimum atomic E-state index is -0.709. The summed E-state index contributed by atoms with van der Waals surface area (Å²) in [6.07, 6.45) is 0.189. The molecule has 0 fully saturated rings. The van der Waals surface area contributed by atoms with Crippen LogP contribution in [-0.4, -0.2) is 11.6 Å². The number of carbonyl (C=O) groups excluding carboxylic acids is 1. The highest BCUT2D eigenvalue weighted by Crippen LogP contribution is 2.13. The quantitative estimate of drug-likeness (QED) is 0.683. The second-order valence-corrected chi connectivity index (χ2v) is 5.12. The monoisotopic (exact) mass is 294 g/mol. The molecule has 1 heterocycles. The first-order chi connectivity index (χ1) is 9.58. The van der Waals surface area contributed by atoms with Gasteiger partial charge >= 0.3 is 0 Å². The molecule has 0 aliphatic carbocycles. The third kappa shape index (κ3) is 3.48. The molecule has 0 saturated carbocycles. The molecule has 0 atom stereocenters. The summed E-state index contributed by atoms with van der Waals surface area (Å²) in [5.41, 5.74) is 2.15. The van der Waals surface area contributed by atoms with E-state index in [0.717, 1.165) is 17.0 Å². The molecule has 0 aliphatic rings. The molecular formula is C14H12F2N2OS. The largest absolute Gasteiger partial charge is 0.273 e. The second kappa shape index (κ2) is 6.38. The number of hydrogen-bond donors (Lipinski definition) is 1. The van der Waals surface area contributed by atoms with Gasteiger partial charge in [-0.3, -0.25) is 4.79 Å². The lowest BCUT2D eigenvalue weighted by molar-refractivity contribution is -0.120. The van der Waals surface area contributed by atoms with E-state index in [4.69, 9.17) is 0 Å². The van der Waals surface area contributed by atoms with Gasteiger partial charge in [0, 0.05) is 4.88 Å². The number of benzene rings is 1. The average Bonchev–Trinajstić information content (AvgIpc) is 2.89. The van der Waals surface area contributed by atoms with E-state index in [9.17, 15) is 13.6 Å². The van der Waals surface area contributed by atoms with Crippen LogP contribution in [0.3, 0.4) is 0 Å². The Labute approximate surface area is 118 Å². The molecule has 20 heavy (non-hydrogen) atoms. The minimum absolute atomic E-state index is 0.0835. The Morgan fingerprint density at radius 1 is 1.25 bits per heavy atom. The van der Waals surface area contributed by atoms with Crippen LogP contribution in [0.2, 0.25) is 0 Å². The fourth-order valence-corrected chi connectivity index (χ4v) is 2.36. The summed E-state index contributed by atoms with van der Waals surface area (Å²) in [6.45, 7) is 1.44. The van der Waals surface area contributed by atoms with E-state index >= 15 is 0 Å². The van der Waals surface area contributed by atoms with Crippen LogP contribution in [-0.2, 0) is 11.2 Å². The third-order valence-electron chi connectivity index (χ3n) is 2.59. The smallest absolute Gasteiger partial charge is 0.245 e. The van der Waals surface area contributed by atoms with Crippen molar-refractivity contribution >= 4 is 23.0 Å². The van der Waals surface area contributed by atoms with Crippen LogP contribution < -0.4 is 5.43 Å². The van der Waals surface area contributed by atoms with Crippen molar-refractivity contribution in [3.63, 3.8) is 0 Å². The van der Waals surface area contributed by atoms with Gasteiger partial charge in [0.25, 0.3) is 0 Å². The molecule has 2 aromatic rings. The Kier molecular flexibility index (Phi) is 4.57. The van der Waals surface area contributed by atoms with Gasteiger partial charge in [-0.2, -0.15) is 5.10 Å². The van der Waals surface area contributed by atoms with Crippen LogP contribution >= 0.6 is 11.3 Å². The van der Waals surface area contributed by atoms with Gasteiger partial charge in [-0.05, 0) is 30.5 Å². The molecule has 6 heteroatoms. The van der Waals surface area contributed by atoms with Crippen molar-refractivity contribution in [1.82, 2.24) is 5.43 Å². The number of hydrazone groups is 1. The first-order valence-electron chi connectivity index (χ1n) is 5.88. The van der Waals surface area contributed by atoms with Crippen LogP contribution in [0, 0.1) is 11.6 Å². The topological polar surface area (TPSA) is 41.5 Å². The van der Waals surface area contributed by atoms with Gasteiger partial charge in [0.1, 0.15) is 11.6 Å². The zero-order valence-corrected chi connectivity index (χ0v) is 11.5. The number of thiophene rings is 1. The maximum Gasteiger partial charge on any atom is 0.245 e. The van der Waals surface area contributed by atoms with Crippen LogP contribution in [0.4, 0.5) is 8.78 Å². The molecule has 0 spiro atoms. The number of nitrogens with zero attached hydrogens (tertiary/aromatic N) is 1. The zero-order valence-electron chi connectivity index (χ0n) is 10.7. The van der Waals surface area contributed by atoms with Crippen molar-refractivity contribution in [2.45, 2.75) is 13.3 Å². The molecule has 1 N–H and O–H groups in total. The van der Waals surface area contributed by atoms with E-state index in [1.54, 1.807) is 0 Å². The maximum absolute atomic E-state index is 13.5. The van der Waals surface area contributed by atoms with Gasteiger partial charge in [-0.25, -0.2) is 14.2 Å². The van der Waals surface area contributed by atoms with Crippen LogP contribution in [0.1, 0.15) is 17.4 Å². The first kappa shape index (κ1) is 14.3. The van der Waals surface area contributed by atoms with Crippen molar-refractivity contribution in [2.24, 2.45) is 5.10 Å². The van der Waals surface area contributed by atoms with Gasteiger partial charge in [0.15, 0.2) is 0 Å². The molecule has 1 amide bonds. The lowest BCUT2D eigenvalue weighted by Crippen LogP contribution is -2.21. The van der Waals surface area contributed by atoms with Gasteiger partial charge in [0.2, 0.25) is 5.91 Å². The number of rotatable bonds is 4. The summed E-state index contributed by atoms with van der Waals surface area (Å²) < 4.78 is 27.0. The first-order valence-corrected chi connectivity index (χ1v) is 6.76. The highest BCUT2D eigenvalue weighted by atomic mass is 32.1. The molecule has 0 unspecified atom stereocenters. The fourth-order valence-electron chi connectivity index (χ4n) is 1.66. The van der Waals surface area contributed by atoms with Gasteiger partial charge in [0.05, 0.1) is 17.7 Å². The SMILES string of the molecule is C/C(=N/NC(=O)Cc1cccs1)c1c(F)cccc1F. The predicted molar refractivity (Wildman–Crippen MR) is 74.7 cm³/mol. The molecule has 3 nitrogen and oxygen atoms in total. The van der Waals surface area contributed by atoms with E-state index < -0.39 is 11.6 Å². The van der Waals surface area contributed by atoms with Gasteiger partial charge in [-0.15, -0.1) is 11.3 Å². The molecule has 0 aliphatic heterocycles. The Hall–Kier alpha value is -2.08. The summed E-state index contributed by atoms with van der Waals surface area (Å²) >= 11 is 1.46.